The number of aryl methyl sites for hydroxylation is 1. The van der Waals surface area contributed by atoms with E-state index in [1.807, 2.05) is 25.1 Å². The van der Waals surface area contributed by atoms with Crippen LogP contribution >= 0.6 is 23.2 Å². The largest absolute Gasteiger partial charge is 0.387 e. The minimum absolute atomic E-state index is 0.0407. The van der Waals surface area contributed by atoms with Crippen molar-refractivity contribution >= 4 is 34.9 Å². The number of hydrogen-bond acceptors (Lipinski definition) is 2. The second-order valence-corrected chi connectivity index (χ2v) is 5.68. The average molecular weight is 339 g/mol. The van der Waals surface area contributed by atoms with Crippen molar-refractivity contribution in [1.29, 1.82) is 0 Å². The Labute approximate surface area is 139 Å². The van der Waals surface area contributed by atoms with Gasteiger partial charge in [0.15, 0.2) is 0 Å². The summed E-state index contributed by atoms with van der Waals surface area (Å²) in [6.07, 6.45) is -0.910. The molecule has 0 aliphatic heterocycles. The second kappa shape index (κ2) is 7.49. The van der Waals surface area contributed by atoms with Crippen LogP contribution in [0.15, 0.2) is 42.5 Å². The zero-order chi connectivity index (χ0) is 16.1. The van der Waals surface area contributed by atoms with Gasteiger partial charge in [0.1, 0.15) is 0 Å². The highest BCUT2D eigenvalue weighted by Gasteiger charge is 2.13. The molecule has 0 saturated carbocycles. The van der Waals surface area contributed by atoms with E-state index in [0.29, 0.717) is 15.6 Å². The number of anilines is 1. The maximum absolute atomic E-state index is 11.9. The molecule has 22 heavy (non-hydrogen) atoms. The molecular weight excluding hydrogens is 323 g/mol. The molecule has 0 spiro atoms. The van der Waals surface area contributed by atoms with Crippen molar-refractivity contribution in [2.75, 3.05) is 11.9 Å². The highest BCUT2D eigenvalue weighted by Crippen LogP contribution is 2.25. The minimum atomic E-state index is -0.910. The molecule has 0 aliphatic carbocycles. The summed E-state index contributed by atoms with van der Waals surface area (Å²) in [5.41, 5.74) is 2.19. The first-order chi connectivity index (χ1) is 10.5. The molecular formula is C16H16Cl2N2O2. The fraction of sp³-hybridized carbons (Fsp3) is 0.188. The van der Waals surface area contributed by atoms with Gasteiger partial charge in [0.2, 0.25) is 0 Å². The molecule has 6 heteroatoms. The molecule has 0 heterocycles. The molecule has 0 aliphatic rings. The number of para-hydroxylation sites is 1. The Balaban J connectivity index is 1.92. The SMILES string of the molecule is Cc1ccccc1NC(=O)NCC(O)c1ccc(Cl)cc1Cl. The summed E-state index contributed by atoms with van der Waals surface area (Å²) < 4.78 is 0. The van der Waals surface area contributed by atoms with Gasteiger partial charge in [0.25, 0.3) is 0 Å². The first-order valence-electron chi connectivity index (χ1n) is 6.71. The molecule has 4 nitrogen and oxygen atoms in total. The summed E-state index contributed by atoms with van der Waals surface area (Å²) in [5, 5.41) is 16.3. The molecule has 2 aromatic carbocycles. The maximum atomic E-state index is 11.9. The van der Waals surface area contributed by atoms with Crippen molar-refractivity contribution in [2.45, 2.75) is 13.0 Å². The van der Waals surface area contributed by atoms with Gasteiger partial charge in [-0.25, -0.2) is 4.79 Å². The van der Waals surface area contributed by atoms with Crippen molar-refractivity contribution in [3.8, 4) is 0 Å². The lowest BCUT2D eigenvalue weighted by molar-refractivity contribution is 0.175. The molecule has 2 amide bonds. The second-order valence-electron chi connectivity index (χ2n) is 4.83. The summed E-state index contributed by atoms with van der Waals surface area (Å²) >= 11 is 11.8. The van der Waals surface area contributed by atoms with E-state index in [1.54, 1.807) is 24.3 Å². The number of rotatable bonds is 4. The van der Waals surface area contributed by atoms with Gasteiger partial charge in [-0.15, -0.1) is 0 Å². The zero-order valence-corrected chi connectivity index (χ0v) is 13.4. The number of benzene rings is 2. The Morgan fingerprint density at radius 2 is 1.95 bits per heavy atom. The van der Waals surface area contributed by atoms with E-state index in [4.69, 9.17) is 23.2 Å². The first kappa shape index (κ1) is 16.6. The Bertz CT molecular complexity index is 677. The molecule has 2 aromatic rings. The van der Waals surface area contributed by atoms with Gasteiger partial charge in [-0.1, -0.05) is 47.5 Å². The third-order valence-corrected chi connectivity index (χ3v) is 3.73. The topological polar surface area (TPSA) is 61.4 Å². The van der Waals surface area contributed by atoms with Crippen molar-refractivity contribution < 1.29 is 9.90 Å². The predicted octanol–water partition coefficient (Wildman–Crippen LogP) is 4.16. The number of amides is 2. The van der Waals surface area contributed by atoms with Crippen LogP contribution in [0.4, 0.5) is 10.5 Å². The summed E-state index contributed by atoms with van der Waals surface area (Å²) in [7, 11) is 0. The molecule has 0 bridgehead atoms. The smallest absolute Gasteiger partial charge is 0.319 e. The van der Waals surface area contributed by atoms with E-state index in [2.05, 4.69) is 10.6 Å². The van der Waals surface area contributed by atoms with Crippen LogP contribution in [0.5, 0.6) is 0 Å². The number of carbonyl (C=O) groups excluding carboxylic acids is 1. The van der Waals surface area contributed by atoms with Crippen LogP contribution in [0, 0.1) is 6.92 Å². The van der Waals surface area contributed by atoms with E-state index in [-0.39, 0.29) is 6.54 Å². The lowest BCUT2D eigenvalue weighted by Crippen LogP contribution is -2.32. The minimum Gasteiger partial charge on any atom is -0.387 e. The zero-order valence-electron chi connectivity index (χ0n) is 11.9. The first-order valence-corrected chi connectivity index (χ1v) is 7.46. The van der Waals surface area contributed by atoms with E-state index >= 15 is 0 Å². The molecule has 1 unspecified atom stereocenters. The highest BCUT2D eigenvalue weighted by atomic mass is 35.5. The average Bonchev–Trinajstić information content (AvgIpc) is 2.47. The molecule has 2 rings (SSSR count). The number of halogens is 2. The normalized spacial score (nSPS) is 11.8. The van der Waals surface area contributed by atoms with Gasteiger partial charge in [0.05, 0.1) is 6.10 Å². The molecule has 0 fully saturated rings. The standard InChI is InChI=1S/C16H16Cl2N2O2/c1-10-4-2-3-5-14(10)20-16(22)19-9-15(21)12-7-6-11(17)8-13(12)18/h2-8,15,21H,9H2,1H3,(H2,19,20,22). The van der Waals surface area contributed by atoms with Crippen LogP contribution in [0.2, 0.25) is 10.0 Å². The lowest BCUT2D eigenvalue weighted by Gasteiger charge is -2.15. The number of nitrogens with one attached hydrogen (secondary N) is 2. The number of hydrogen-bond donors (Lipinski definition) is 3. The molecule has 1 atom stereocenters. The van der Waals surface area contributed by atoms with Crippen LogP contribution in [0.1, 0.15) is 17.2 Å². The summed E-state index contributed by atoms with van der Waals surface area (Å²) in [6, 6.07) is 11.9. The van der Waals surface area contributed by atoms with Crippen LogP contribution in [-0.4, -0.2) is 17.7 Å². The summed E-state index contributed by atoms with van der Waals surface area (Å²) in [5.74, 6) is 0. The Hall–Kier alpha value is -1.75. The number of urea groups is 1. The van der Waals surface area contributed by atoms with Gasteiger partial charge < -0.3 is 15.7 Å². The monoisotopic (exact) mass is 338 g/mol. The van der Waals surface area contributed by atoms with Gasteiger partial charge in [0, 0.05) is 27.8 Å². The third kappa shape index (κ3) is 4.37. The lowest BCUT2D eigenvalue weighted by atomic mass is 10.1. The predicted molar refractivity (Wildman–Crippen MR) is 89.6 cm³/mol. The molecule has 116 valence electrons. The fourth-order valence-electron chi connectivity index (χ4n) is 1.95. The fourth-order valence-corrected chi connectivity index (χ4v) is 2.49. The maximum Gasteiger partial charge on any atom is 0.319 e. The molecule has 0 saturated heterocycles. The van der Waals surface area contributed by atoms with E-state index in [1.165, 1.54) is 0 Å². The van der Waals surface area contributed by atoms with Crippen molar-refractivity contribution in [3.63, 3.8) is 0 Å². The number of aliphatic hydroxyl groups is 1. The van der Waals surface area contributed by atoms with Crippen LogP contribution in [-0.2, 0) is 0 Å². The van der Waals surface area contributed by atoms with Crippen LogP contribution in [0.25, 0.3) is 0 Å². The third-order valence-electron chi connectivity index (χ3n) is 3.17. The van der Waals surface area contributed by atoms with Gasteiger partial charge in [-0.2, -0.15) is 0 Å². The highest BCUT2D eigenvalue weighted by molar-refractivity contribution is 6.35. The molecule has 0 aromatic heterocycles. The van der Waals surface area contributed by atoms with Gasteiger partial charge >= 0.3 is 6.03 Å². The van der Waals surface area contributed by atoms with Gasteiger partial charge in [-0.05, 0) is 30.7 Å². The van der Waals surface area contributed by atoms with Crippen LogP contribution in [0.3, 0.4) is 0 Å². The Kier molecular flexibility index (Phi) is 5.66. The Morgan fingerprint density at radius 3 is 2.64 bits per heavy atom. The van der Waals surface area contributed by atoms with E-state index in [0.717, 1.165) is 11.3 Å². The van der Waals surface area contributed by atoms with Crippen molar-refractivity contribution in [1.82, 2.24) is 5.32 Å². The van der Waals surface area contributed by atoms with Crippen molar-refractivity contribution in [3.05, 3.63) is 63.6 Å². The Morgan fingerprint density at radius 1 is 1.23 bits per heavy atom. The number of aliphatic hydroxyl groups excluding tert-OH is 1. The van der Waals surface area contributed by atoms with Crippen LogP contribution < -0.4 is 10.6 Å². The molecule has 3 N–H and O–H groups in total. The summed E-state index contributed by atoms with van der Waals surface area (Å²) in [6.45, 7) is 1.94. The van der Waals surface area contributed by atoms with Gasteiger partial charge in [-0.3, -0.25) is 0 Å². The quantitative estimate of drug-likeness (QED) is 0.783. The number of carbonyl (C=O) groups is 1. The molecule has 0 radical (unpaired) electrons. The summed E-state index contributed by atoms with van der Waals surface area (Å²) in [4.78, 5) is 11.9. The van der Waals surface area contributed by atoms with E-state index < -0.39 is 12.1 Å². The van der Waals surface area contributed by atoms with E-state index in [9.17, 15) is 9.90 Å². The van der Waals surface area contributed by atoms with Crippen molar-refractivity contribution in [2.24, 2.45) is 0 Å².